The molecule has 0 N–H and O–H groups in total. The predicted molar refractivity (Wildman–Crippen MR) is 91.8 cm³/mol. The number of para-hydroxylation sites is 1. The van der Waals surface area contributed by atoms with Gasteiger partial charge in [0.05, 0.1) is 34.5 Å². The van der Waals surface area contributed by atoms with Crippen molar-refractivity contribution < 1.29 is 18.9 Å². The first-order valence-corrected chi connectivity index (χ1v) is 7.23. The van der Waals surface area contributed by atoms with E-state index in [2.05, 4.69) is 6.07 Å². The minimum absolute atomic E-state index is 0.566. The van der Waals surface area contributed by atoms with Crippen LogP contribution in [0.1, 0.15) is 11.1 Å². The van der Waals surface area contributed by atoms with Gasteiger partial charge >= 0.3 is 0 Å². The maximum absolute atomic E-state index is 9.22. The second-order valence-electron chi connectivity index (χ2n) is 4.80. The highest BCUT2D eigenvalue weighted by Gasteiger charge is 2.16. The minimum Gasteiger partial charge on any atom is -0.493 e. The average Bonchev–Trinajstić information content (AvgIpc) is 2.64. The first-order chi connectivity index (χ1) is 11.7. The van der Waals surface area contributed by atoms with E-state index in [1.165, 1.54) is 6.08 Å². The van der Waals surface area contributed by atoms with Gasteiger partial charge in [-0.1, -0.05) is 18.2 Å². The third-order valence-electron chi connectivity index (χ3n) is 3.60. The van der Waals surface area contributed by atoms with Gasteiger partial charge in [-0.3, -0.25) is 0 Å². The molecule has 5 heteroatoms. The Kier molecular flexibility index (Phi) is 5.69. The number of nitriles is 1. The third-order valence-corrected chi connectivity index (χ3v) is 3.60. The van der Waals surface area contributed by atoms with Crippen molar-refractivity contribution in [3.05, 3.63) is 53.6 Å². The molecular formula is C19H19NO4. The van der Waals surface area contributed by atoms with Crippen LogP contribution in [-0.4, -0.2) is 28.4 Å². The SMILES string of the molecule is COc1ccc(C(=CC#N)c2cccc(OC)c2OC)cc1OC. The summed E-state index contributed by atoms with van der Waals surface area (Å²) in [6.45, 7) is 0. The second kappa shape index (κ2) is 7.93. The van der Waals surface area contributed by atoms with Gasteiger partial charge in [-0.05, 0) is 23.8 Å². The van der Waals surface area contributed by atoms with E-state index in [0.717, 1.165) is 11.1 Å². The van der Waals surface area contributed by atoms with Crippen LogP contribution in [0, 0.1) is 11.3 Å². The molecule has 0 aliphatic rings. The maximum atomic E-state index is 9.22. The Hall–Kier alpha value is -3.13. The summed E-state index contributed by atoms with van der Waals surface area (Å²) in [6.07, 6.45) is 1.47. The quantitative estimate of drug-likeness (QED) is 0.758. The van der Waals surface area contributed by atoms with Crippen molar-refractivity contribution >= 4 is 5.57 Å². The van der Waals surface area contributed by atoms with Crippen LogP contribution in [0.5, 0.6) is 23.0 Å². The fourth-order valence-corrected chi connectivity index (χ4v) is 2.48. The number of nitrogens with zero attached hydrogens (tertiary/aromatic N) is 1. The van der Waals surface area contributed by atoms with Crippen molar-refractivity contribution in [2.75, 3.05) is 28.4 Å². The summed E-state index contributed by atoms with van der Waals surface area (Å²) in [6, 6.07) is 13.1. The number of hydrogen-bond acceptors (Lipinski definition) is 5. The van der Waals surface area contributed by atoms with Crippen LogP contribution in [0.3, 0.4) is 0 Å². The average molecular weight is 325 g/mol. The van der Waals surface area contributed by atoms with Crippen molar-refractivity contribution in [3.8, 4) is 29.1 Å². The van der Waals surface area contributed by atoms with E-state index in [9.17, 15) is 5.26 Å². The molecule has 124 valence electrons. The van der Waals surface area contributed by atoms with Gasteiger partial charge in [0.25, 0.3) is 0 Å². The van der Waals surface area contributed by atoms with Crippen molar-refractivity contribution in [3.63, 3.8) is 0 Å². The molecule has 0 atom stereocenters. The van der Waals surface area contributed by atoms with Crippen molar-refractivity contribution in [1.29, 1.82) is 5.26 Å². The Morgan fingerprint density at radius 1 is 0.875 bits per heavy atom. The molecule has 0 aromatic heterocycles. The molecule has 0 amide bonds. The molecule has 2 rings (SSSR count). The normalized spacial score (nSPS) is 10.7. The Morgan fingerprint density at radius 2 is 1.58 bits per heavy atom. The fraction of sp³-hybridized carbons (Fsp3) is 0.211. The molecule has 0 radical (unpaired) electrons. The number of methoxy groups -OCH3 is 4. The third kappa shape index (κ3) is 3.28. The van der Waals surface area contributed by atoms with Crippen molar-refractivity contribution in [2.45, 2.75) is 0 Å². The number of hydrogen-bond donors (Lipinski definition) is 0. The molecule has 0 saturated carbocycles. The molecule has 0 heterocycles. The largest absolute Gasteiger partial charge is 0.493 e. The molecular weight excluding hydrogens is 306 g/mol. The van der Waals surface area contributed by atoms with Crippen LogP contribution in [0.15, 0.2) is 42.5 Å². The Balaban J connectivity index is 2.65. The van der Waals surface area contributed by atoms with Gasteiger partial charge in [-0.25, -0.2) is 0 Å². The van der Waals surface area contributed by atoms with Crippen LogP contribution >= 0.6 is 0 Å². The summed E-state index contributed by atoms with van der Waals surface area (Å²) in [4.78, 5) is 0. The van der Waals surface area contributed by atoms with E-state index in [0.29, 0.717) is 28.6 Å². The first-order valence-electron chi connectivity index (χ1n) is 7.23. The molecule has 0 saturated heterocycles. The smallest absolute Gasteiger partial charge is 0.168 e. The topological polar surface area (TPSA) is 60.7 Å². The molecule has 5 nitrogen and oxygen atoms in total. The molecule has 0 aliphatic carbocycles. The lowest BCUT2D eigenvalue weighted by Gasteiger charge is -2.16. The molecule has 0 spiro atoms. The van der Waals surface area contributed by atoms with Crippen LogP contribution in [0.4, 0.5) is 0 Å². The van der Waals surface area contributed by atoms with Gasteiger partial charge in [0.15, 0.2) is 23.0 Å². The van der Waals surface area contributed by atoms with Gasteiger partial charge < -0.3 is 18.9 Å². The minimum atomic E-state index is 0.566. The predicted octanol–water partition coefficient (Wildman–Crippen LogP) is 3.68. The number of allylic oxidation sites excluding steroid dienone is 1. The highest BCUT2D eigenvalue weighted by molar-refractivity contribution is 5.86. The number of ether oxygens (including phenoxy) is 4. The summed E-state index contributed by atoms with van der Waals surface area (Å²) in [5.41, 5.74) is 2.26. The highest BCUT2D eigenvalue weighted by Crippen LogP contribution is 2.39. The molecule has 0 fully saturated rings. The molecule has 0 unspecified atom stereocenters. The highest BCUT2D eigenvalue weighted by atomic mass is 16.5. The van der Waals surface area contributed by atoms with Gasteiger partial charge in [0, 0.05) is 17.2 Å². The zero-order valence-electron chi connectivity index (χ0n) is 14.1. The van der Waals surface area contributed by atoms with E-state index < -0.39 is 0 Å². The fourth-order valence-electron chi connectivity index (χ4n) is 2.48. The van der Waals surface area contributed by atoms with Gasteiger partial charge in [-0.2, -0.15) is 5.26 Å². The monoisotopic (exact) mass is 325 g/mol. The summed E-state index contributed by atoms with van der Waals surface area (Å²) in [5.74, 6) is 2.37. The van der Waals surface area contributed by atoms with Crippen LogP contribution in [-0.2, 0) is 0 Å². The Bertz CT molecular complexity index is 790. The Morgan fingerprint density at radius 3 is 2.17 bits per heavy atom. The molecule has 2 aromatic carbocycles. The van der Waals surface area contributed by atoms with E-state index >= 15 is 0 Å². The Labute approximate surface area is 141 Å². The lowest BCUT2D eigenvalue weighted by molar-refractivity contribution is 0.354. The van der Waals surface area contributed by atoms with Crippen molar-refractivity contribution in [1.82, 2.24) is 0 Å². The molecule has 24 heavy (non-hydrogen) atoms. The first kappa shape index (κ1) is 17.2. The summed E-state index contributed by atoms with van der Waals surface area (Å²) in [5, 5.41) is 9.22. The zero-order chi connectivity index (χ0) is 17.5. The standard InChI is InChI=1S/C19H19NO4/c1-21-16-9-8-13(12-18(16)23-3)14(10-11-20)15-6-5-7-17(22-2)19(15)24-4/h5-10,12H,1-4H3. The van der Waals surface area contributed by atoms with E-state index in [4.69, 9.17) is 18.9 Å². The number of benzene rings is 2. The lowest BCUT2D eigenvalue weighted by Crippen LogP contribution is -1.98. The van der Waals surface area contributed by atoms with E-state index in [1.807, 2.05) is 24.3 Å². The van der Waals surface area contributed by atoms with E-state index in [1.54, 1.807) is 40.6 Å². The summed E-state index contributed by atoms with van der Waals surface area (Å²) in [7, 11) is 6.29. The van der Waals surface area contributed by atoms with Gasteiger partial charge in [-0.15, -0.1) is 0 Å². The molecule has 0 aliphatic heterocycles. The maximum Gasteiger partial charge on any atom is 0.168 e. The zero-order valence-corrected chi connectivity index (χ0v) is 14.1. The van der Waals surface area contributed by atoms with Gasteiger partial charge in [0.2, 0.25) is 0 Å². The van der Waals surface area contributed by atoms with Crippen LogP contribution in [0.2, 0.25) is 0 Å². The lowest BCUT2D eigenvalue weighted by atomic mass is 9.96. The summed E-state index contributed by atoms with van der Waals surface area (Å²) >= 11 is 0. The van der Waals surface area contributed by atoms with Crippen LogP contribution < -0.4 is 18.9 Å². The van der Waals surface area contributed by atoms with Crippen LogP contribution in [0.25, 0.3) is 5.57 Å². The van der Waals surface area contributed by atoms with E-state index in [-0.39, 0.29) is 0 Å². The number of rotatable bonds is 6. The molecule has 0 bridgehead atoms. The second-order valence-corrected chi connectivity index (χ2v) is 4.80. The summed E-state index contributed by atoms with van der Waals surface area (Å²) < 4.78 is 21.4. The molecule has 2 aromatic rings. The van der Waals surface area contributed by atoms with Gasteiger partial charge in [0.1, 0.15) is 0 Å². The van der Waals surface area contributed by atoms with Crippen molar-refractivity contribution in [2.24, 2.45) is 0 Å².